The van der Waals surface area contributed by atoms with Crippen LogP contribution in [0.1, 0.15) is 29.1 Å². The van der Waals surface area contributed by atoms with Gasteiger partial charge in [-0.15, -0.1) is 11.3 Å². The summed E-state index contributed by atoms with van der Waals surface area (Å²) >= 11 is 1.66. The minimum Gasteiger partial charge on any atom is -0.358 e. The molecule has 0 amide bonds. The van der Waals surface area contributed by atoms with Gasteiger partial charge in [0.2, 0.25) is 11.5 Å². The third-order valence-corrected chi connectivity index (χ3v) is 7.76. The van der Waals surface area contributed by atoms with Crippen LogP contribution in [0.5, 0.6) is 0 Å². The van der Waals surface area contributed by atoms with Gasteiger partial charge in [-0.25, -0.2) is 4.98 Å². The van der Waals surface area contributed by atoms with E-state index in [1.54, 1.807) is 29.7 Å². The molecule has 33 heavy (non-hydrogen) atoms. The number of imidazole rings is 1. The van der Waals surface area contributed by atoms with E-state index in [0.29, 0.717) is 50.0 Å². The van der Waals surface area contributed by atoms with Crippen molar-refractivity contribution in [3.05, 3.63) is 61.1 Å². The maximum Gasteiger partial charge on any atom is 0.372 e. The van der Waals surface area contributed by atoms with Crippen molar-refractivity contribution in [2.24, 2.45) is 0 Å². The molecule has 6 rings (SSSR count). The highest BCUT2D eigenvalue weighted by Gasteiger charge is 2.29. The first-order valence-electron chi connectivity index (χ1n) is 11.2. The van der Waals surface area contributed by atoms with Crippen LogP contribution in [0, 0.1) is 10.1 Å². The van der Waals surface area contributed by atoms with Gasteiger partial charge in [0, 0.05) is 37.1 Å². The fourth-order valence-corrected chi connectivity index (χ4v) is 6.25. The van der Waals surface area contributed by atoms with Gasteiger partial charge >= 0.3 is 5.82 Å². The summed E-state index contributed by atoms with van der Waals surface area (Å²) in [6.45, 7) is 3.19. The second-order valence-corrected chi connectivity index (χ2v) is 9.70. The van der Waals surface area contributed by atoms with Crippen LogP contribution in [0.4, 0.5) is 11.6 Å². The predicted octanol–water partition coefficient (Wildman–Crippen LogP) is 2.74. The largest absolute Gasteiger partial charge is 0.372 e. The molecule has 4 aromatic rings. The second kappa shape index (κ2) is 7.92. The number of hydrogen-bond donors (Lipinski definition) is 1. The lowest BCUT2D eigenvalue weighted by Gasteiger charge is -2.34. The topological polar surface area (TPSA) is 113 Å². The summed E-state index contributed by atoms with van der Waals surface area (Å²) in [5.41, 5.74) is 1.73. The smallest absolute Gasteiger partial charge is 0.358 e. The van der Waals surface area contributed by atoms with Gasteiger partial charge in [-0.05, 0) is 42.2 Å². The van der Waals surface area contributed by atoms with Gasteiger partial charge in [-0.2, -0.15) is 9.38 Å². The highest BCUT2D eigenvalue weighted by atomic mass is 32.1. The molecule has 0 aromatic carbocycles. The van der Waals surface area contributed by atoms with Gasteiger partial charge < -0.3 is 20.0 Å². The molecule has 0 atom stereocenters. The third kappa shape index (κ3) is 3.47. The summed E-state index contributed by atoms with van der Waals surface area (Å²) in [6, 6.07) is 5.35. The van der Waals surface area contributed by atoms with Crippen molar-refractivity contribution in [3.8, 4) is 0 Å². The molecule has 1 saturated heterocycles. The fourth-order valence-electron chi connectivity index (χ4n) is 4.97. The van der Waals surface area contributed by atoms with E-state index in [9.17, 15) is 14.9 Å². The lowest BCUT2D eigenvalue weighted by atomic mass is 9.97. The standard InChI is InChI=1S/C22H23N7O3S/c30-20-18-14-5-1-2-6-15(14)33-21(18)24-16(23-20)13-26-9-11-27(12-10-26)19-22(29(31)32)28-8-4-3-7-17(28)25-19/h3-4,7-8H,1-2,5-6,9-13H2,(H,23,24,30). The van der Waals surface area contributed by atoms with Crippen molar-refractivity contribution in [1.29, 1.82) is 0 Å². The predicted molar refractivity (Wildman–Crippen MR) is 126 cm³/mol. The number of hydrogen-bond acceptors (Lipinski definition) is 8. The molecule has 2 aliphatic rings. The number of aromatic amines is 1. The van der Waals surface area contributed by atoms with E-state index < -0.39 is 0 Å². The second-order valence-electron chi connectivity index (χ2n) is 8.61. The van der Waals surface area contributed by atoms with Crippen molar-refractivity contribution in [2.45, 2.75) is 32.2 Å². The minimum absolute atomic E-state index is 0.00263. The van der Waals surface area contributed by atoms with Crippen molar-refractivity contribution in [3.63, 3.8) is 0 Å². The maximum absolute atomic E-state index is 12.8. The minimum atomic E-state index is -0.369. The molecule has 1 aliphatic heterocycles. The summed E-state index contributed by atoms with van der Waals surface area (Å²) in [5, 5.41) is 12.5. The molecule has 5 heterocycles. The number of piperazine rings is 1. The molecule has 0 spiro atoms. The number of nitro groups is 1. The first-order chi connectivity index (χ1) is 16.1. The molecule has 0 unspecified atom stereocenters. The van der Waals surface area contributed by atoms with Gasteiger partial charge in [-0.3, -0.25) is 9.69 Å². The Morgan fingerprint density at radius 3 is 2.76 bits per heavy atom. The van der Waals surface area contributed by atoms with Crippen LogP contribution in [0.25, 0.3) is 15.9 Å². The van der Waals surface area contributed by atoms with Gasteiger partial charge in [0.15, 0.2) is 0 Å². The van der Waals surface area contributed by atoms with Crippen LogP contribution in [-0.2, 0) is 19.4 Å². The number of rotatable bonds is 4. The molecule has 1 N–H and O–H groups in total. The quantitative estimate of drug-likeness (QED) is 0.364. The lowest BCUT2D eigenvalue weighted by molar-refractivity contribution is -0.389. The number of H-pyrrole nitrogens is 1. The highest BCUT2D eigenvalue weighted by Crippen LogP contribution is 2.34. The fraction of sp³-hybridized carbons (Fsp3) is 0.409. The van der Waals surface area contributed by atoms with Crippen molar-refractivity contribution in [1.82, 2.24) is 24.3 Å². The molecule has 0 saturated carbocycles. The summed E-state index contributed by atoms with van der Waals surface area (Å²) in [5.74, 6) is 1.08. The molecular weight excluding hydrogens is 442 g/mol. The van der Waals surface area contributed by atoms with Crippen molar-refractivity contribution < 1.29 is 4.92 Å². The number of aryl methyl sites for hydroxylation is 2. The molecule has 1 aliphatic carbocycles. The molecule has 10 nitrogen and oxygen atoms in total. The maximum atomic E-state index is 12.8. The number of thiophene rings is 1. The summed E-state index contributed by atoms with van der Waals surface area (Å²) in [6.07, 6.45) is 5.99. The van der Waals surface area contributed by atoms with Gasteiger partial charge in [0.25, 0.3) is 5.56 Å². The normalized spacial score (nSPS) is 17.0. The first kappa shape index (κ1) is 20.3. The van der Waals surface area contributed by atoms with E-state index in [1.807, 2.05) is 11.0 Å². The average Bonchev–Trinajstić information content (AvgIpc) is 3.38. The van der Waals surface area contributed by atoms with E-state index in [4.69, 9.17) is 4.98 Å². The zero-order chi connectivity index (χ0) is 22.5. The molecule has 4 aromatic heterocycles. The Morgan fingerprint density at radius 1 is 1.12 bits per heavy atom. The zero-order valence-corrected chi connectivity index (χ0v) is 18.8. The molecular formula is C22H23N7O3S. The van der Waals surface area contributed by atoms with Crippen LogP contribution in [0.2, 0.25) is 0 Å². The monoisotopic (exact) mass is 465 g/mol. The lowest BCUT2D eigenvalue weighted by Crippen LogP contribution is -2.46. The Morgan fingerprint density at radius 2 is 1.94 bits per heavy atom. The molecule has 1 fully saturated rings. The number of anilines is 1. The van der Waals surface area contributed by atoms with E-state index in [-0.39, 0.29) is 16.3 Å². The number of pyridine rings is 1. The van der Waals surface area contributed by atoms with Crippen molar-refractivity contribution in [2.75, 3.05) is 31.1 Å². The van der Waals surface area contributed by atoms with Gasteiger partial charge in [-0.1, -0.05) is 6.07 Å². The summed E-state index contributed by atoms with van der Waals surface area (Å²) in [4.78, 5) is 42.8. The Kier molecular flexibility index (Phi) is 4.88. The van der Waals surface area contributed by atoms with Crippen LogP contribution in [0.15, 0.2) is 29.2 Å². The van der Waals surface area contributed by atoms with Crippen LogP contribution < -0.4 is 10.5 Å². The number of nitrogens with one attached hydrogen (secondary N) is 1. The van der Waals surface area contributed by atoms with Crippen molar-refractivity contribution >= 4 is 38.8 Å². The average molecular weight is 466 g/mol. The summed E-state index contributed by atoms with van der Waals surface area (Å²) < 4.78 is 1.52. The number of aromatic nitrogens is 4. The van der Waals surface area contributed by atoms with Crippen LogP contribution >= 0.6 is 11.3 Å². The highest BCUT2D eigenvalue weighted by molar-refractivity contribution is 7.18. The van der Waals surface area contributed by atoms with Gasteiger partial charge in [0.05, 0.1) is 18.1 Å². The van der Waals surface area contributed by atoms with Gasteiger partial charge in [0.1, 0.15) is 10.7 Å². The number of nitrogens with zero attached hydrogens (tertiary/aromatic N) is 6. The Bertz CT molecular complexity index is 1430. The van der Waals surface area contributed by atoms with E-state index in [1.165, 1.54) is 21.3 Å². The molecule has 11 heteroatoms. The molecule has 170 valence electrons. The van der Waals surface area contributed by atoms with E-state index in [0.717, 1.165) is 29.5 Å². The van der Waals surface area contributed by atoms with E-state index in [2.05, 4.69) is 14.9 Å². The Hall–Kier alpha value is -3.31. The van der Waals surface area contributed by atoms with E-state index >= 15 is 0 Å². The van der Waals surface area contributed by atoms with Crippen LogP contribution in [-0.4, -0.2) is 55.4 Å². The number of fused-ring (bicyclic) bond motifs is 4. The Balaban J connectivity index is 1.20. The Labute approximate surface area is 192 Å². The third-order valence-electron chi connectivity index (χ3n) is 6.58. The SMILES string of the molecule is O=c1[nH]c(CN2CCN(c3nc4ccccn4c3[N+](=O)[O-])CC2)nc2sc3c(c12)CCCC3. The molecule has 0 bridgehead atoms. The summed E-state index contributed by atoms with van der Waals surface area (Å²) in [7, 11) is 0. The van der Waals surface area contributed by atoms with Crippen LogP contribution in [0.3, 0.4) is 0 Å². The first-order valence-corrected chi connectivity index (χ1v) is 12.0. The molecule has 0 radical (unpaired) electrons. The zero-order valence-electron chi connectivity index (χ0n) is 18.0.